The molecule has 0 unspecified atom stereocenters. The number of amides is 2. The zero-order chi connectivity index (χ0) is 15.7. The molecule has 21 heavy (non-hydrogen) atoms. The molecule has 1 N–H and O–H groups in total. The normalized spacial score (nSPS) is 10.5. The molecule has 0 aromatic carbocycles. The van der Waals surface area contributed by atoms with E-state index in [0.717, 1.165) is 18.5 Å². The van der Waals surface area contributed by atoms with Crippen molar-refractivity contribution in [2.45, 2.75) is 40.2 Å². The second kappa shape index (κ2) is 9.10. The summed E-state index contributed by atoms with van der Waals surface area (Å²) in [5.41, 5.74) is 0.846. The Balaban J connectivity index is 2.45. The van der Waals surface area contributed by atoms with Crippen molar-refractivity contribution in [2.75, 3.05) is 13.1 Å². The van der Waals surface area contributed by atoms with Crippen LogP contribution in [0.15, 0.2) is 24.4 Å². The van der Waals surface area contributed by atoms with Crippen LogP contribution in [0, 0.1) is 5.92 Å². The SMILES string of the molecule is CCC(CC)C(=O)NCCN(Cc1ccccn1)C(C)=O. The molecule has 1 rings (SSSR count). The molecule has 0 aliphatic rings. The molecule has 0 saturated heterocycles. The molecule has 0 fully saturated rings. The van der Waals surface area contributed by atoms with E-state index in [9.17, 15) is 9.59 Å². The summed E-state index contributed by atoms with van der Waals surface area (Å²) in [6.45, 7) is 7.00. The summed E-state index contributed by atoms with van der Waals surface area (Å²) < 4.78 is 0. The van der Waals surface area contributed by atoms with Crippen LogP contribution >= 0.6 is 0 Å². The van der Waals surface area contributed by atoms with Crippen LogP contribution in [0.1, 0.15) is 39.3 Å². The van der Waals surface area contributed by atoms with Gasteiger partial charge in [-0.25, -0.2) is 0 Å². The van der Waals surface area contributed by atoms with E-state index in [-0.39, 0.29) is 17.7 Å². The molecule has 0 atom stereocenters. The van der Waals surface area contributed by atoms with E-state index in [4.69, 9.17) is 0 Å². The van der Waals surface area contributed by atoms with E-state index in [0.29, 0.717) is 19.6 Å². The van der Waals surface area contributed by atoms with Gasteiger partial charge < -0.3 is 10.2 Å². The minimum Gasteiger partial charge on any atom is -0.354 e. The van der Waals surface area contributed by atoms with Crippen LogP contribution in [0.4, 0.5) is 0 Å². The second-order valence-electron chi connectivity index (χ2n) is 5.07. The third-order valence-electron chi connectivity index (χ3n) is 3.56. The quantitative estimate of drug-likeness (QED) is 0.796. The van der Waals surface area contributed by atoms with Crippen LogP contribution in [0.5, 0.6) is 0 Å². The van der Waals surface area contributed by atoms with Gasteiger partial charge in [0.1, 0.15) is 0 Å². The topological polar surface area (TPSA) is 62.3 Å². The van der Waals surface area contributed by atoms with Gasteiger partial charge in [-0.2, -0.15) is 0 Å². The fraction of sp³-hybridized carbons (Fsp3) is 0.562. The number of hydrogen-bond acceptors (Lipinski definition) is 3. The van der Waals surface area contributed by atoms with Crippen LogP contribution in [0.2, 0.25) is 0 Å². The van der Waals surface area contributed by atoms with Gasteiger partial charge in [0.25, 0.3) is 0 Å². The second-order valence-corrected chi connectivity index (χ2v) is 5.07. The predicted octanol–water partition coefficient (Wildman–Crippen LogP) is 1.98. The molecule has 0 aliphatic carbocycles. The monoisotopic (exact) mass is 291 g/mol. The van der Waals surface area contributed by atoms with Crippen molar-refractivity contribution >= 4 is 11.8 Å². The number of pyridine rings is 1. The summed E-state index contributed by atoms with van der Waals surface area (Å²) >= 11 is 0. The summed E-state index contributed by atoms with van der Waals surface area (Å²) in [5.74, 6) is 0.116. The van der Waals surface area contributed by atoms with Crippen molar-refractivity contribution in [3.63, 3.8) is 0 Å². The first-order valence-electron chi connectivity index (χ1n) is 7.51. The maximum atomic E-state index is 11.9. The lowest BCUT2D eigenvalue weighted by Crippen LogP contribution is -2.39. The lowest BCUT2D eigenvalue weighted by Gasteiger charge is -2.21. The minimum absolute atomic E-state index is 0.0163. The molecule has 116 valence electrons. The molecule has 0 radical (unpaired) electrons. The third-order valence-corrected chi connectivity index (χ3v) is 3.56. The van der Waals surface area contributed by atoms with E-state index in [1.54, 1.807) is 11.1 Å². The van der Waals surface area contributed by atoms with Gasteiger partial charge in [0, 0.05) is 32.1 Å². The lowest BCUT2D eigenvalue weighted by molar-refractivity contribution is -0.130. The smallest absolute Gasteiger partial charge is 0.223 e. The summed E-state index contributed by atoms with van der Waals surface area (Å²) in [7, 11) is 0. The summed E-state index contributed by atoms with van der Waals surface area (Å²) in [6, 6.07) is 5.63. The molecule has 1 aromatic rings. The average Bonchev–Trinajstić information content (AvgIpc) is 2.48. The van der Waals surface area contributed by atoms with Crippen LogP contribution in [-0.4, -0.2) is 34.8 Å². The van der Waals surface area contributed by atoms with Crippen molar-refractivity contribution in [2.24, 2.45) is 5.92 Å². The minimum atomic E-state index is -0.0163. The highest BCUT2D eigenvalue weighted by molar-refractivity contribution is 5.78. The van der Waals surface area contributed by atoms with Gasteiger partial charge >= 0.3 is 0 Å². The largest absolute Gasteiger partial charge is 0.354 e. The number of hydrogen-bond donors (Lipinski definition) is 1. The highest BCUT2D eigenvalue weighted by Crippen LogP contribution is 2.07. The number of carbonyl (C=O) groups is 2. The standard InChI is InChI=1S/C16H25N3O2/c1-4-14(5-2)16(21)18-10-11-19(13(3)20)12-15-8-6-7-9-17-15/h6-9,14H,4-5,10-12H2,1-3H3,(H,18,21). The van der Waals surface area contributed by atoms with Gasteiger partial charge in [0.2, 0.25) is 11.8 Å². The first-order chi connectivity index (χ1) is 10.1. The highest BCUT2D eigenvalue weighted by Gasteiger charge is 2.15. The van der Waals surface area contributed by atoms with Gasteiger partial charge in [-0.3, -0.25) is 14.6 Å². The van der Waals surface area contributed by atoms with Gasteiger partial charge in [0.05, 0.1) is 12.2 Å². The molecule has 5 nitrogen and oxygen atoms in total. The fourth-order valence-corrected chi connectivity index (χ4v) is 2.15. The van der Waals surface area contributed by atoms with E-state index in [2.05, 4.69) is 10.3 Å². The Bertz CT molecular complexity index is 444. The maximum Gasteiger partial charge on any atom is 0.223 e. The summed E-state index contributed by atoms with van der Waals surface area (Å²) in [6.07, 6.45) is 3.39. The number of aromatic nitrogens is 1. The molecule has 0 aliphatic heterocycles. The van der Waals surface area contributed by atoms with Crippen molar-refractivity contribution in [1.29, 1.82) is 0 Å². The van der Waals surface area contributed by atoms with E-state index < -0.39 is 0 Å². The first kappa shape index (κ1) is 17.1. The summed E-state index contributed by atoms with van der Waals surface area (Å²) in [5, 5.41) is 2.90. The molecule has 0 spiro atoms. The van der Waals surface area contributed by atoms with Crippen molar-refractivity contribution in [3.8, 4) is 0 Å². The zero-order valence-corrected chi connectivity index (χ0v) is 13.1. The number of nitrogens with one attached hydrogen (secondary N) is 1. The Hall–Kier alpha value is -1.91. The molecular weight excluding hydrogens is 266 g/mol. The van der Waals surface area contributed by atoms with E-state index in [1.165, 1.54) is 6.92 Å². The van der Waals surface area contributed by atoms with Crippen molar-refractivity contribution in [1.82, 2.24) is 15.2 Å². The van der Waals surface area contributed by atoms with E-state index >= 15 is 0 Å². The predicted molar refractivity (Wildman–Crippen MR) is 82.4 cm³/mol. The highest BCUT2D eigenvalue weighted by atomic mass is 16.2. The first-order valence-corrected chi connectivity index (χ1v) is 7.51. The third kappa shape index (κ3) is 5.94. The molecular formula is C16H25N3O2. The van der Waals surface area contributed by atoms with Gasteiger partial charge in [-0.15, -0.1) is 0 Å². The Kier molecular flexibility index (Phi) is 7.43. The molecule has 1 aromatic heterocycles. The maximum absolute atomic E-state index is 11.9. The van der Waals surface area contributed by atoms with Gasteiger partial charge in [-0.1, -0.05) is 19.9 Å². The van der Waals surface area contributed by atoms with Crippen molar-refractivity contribution in [3.05, 3.63) is 30.1 Å². The van der Waals surface area contributed by atoms with Crippen LogP contribution in [0.25, 0.3) is 0 Å². The molecule has 1 heterocycles. The summed E-state index contributed by atoms with van der Waals surface area (Å²) in [4.78, 5) is 29.5. The average molecular weight is 291 g/mol. The Morgan fingerprint density at radius 1 is 1.29 bits per heavy atom. The molecule has 0 saturated carbocycles. The number of rotatable bonds is 8. The fourth-order valence-electron chi connectivity index (χ4n) is 2.15. The molecule has 2 amide bonds. The van der Waals surface area contributed by atoms with E-state index in [1.807, 2.05) is 32.0 Å². The Morgan fingerprint density at radius 3 is 2.52 bits per heavy atom. The lowest BCUT2D eigenvalue weighted by atomic mass is 10.0. The van der Waals surface area contributed by atoms with Crippen LogP contribution < -0.4 is 5.32 Å². The van der Waals surface area contributed by atoms with Crippen molar-refractivity contribution < 1.29 is 9.59 Å². The van der Waals surface area contributed by atoms with Gasteiger partial charge in [0.15, 0.2) is 0 Å². The van der Waals surface area contributed by atoms with Crippen LogP contribution in [-0.2, 0) is 16.1 Å². The number of nitrogens with zero attached hydrogens (tertiary/aromatic N) is 2. The Morgan fingerprint density at radius 2 is 2.00 bits per heavy atom. The Labute approximate surface area is 126 Å². The molecule has 5 heteroatoms. The van der Waals surface area contributed by atoms with Gasteiger partial charge in [-0.05, 0) is 25.0 Å². The number of carbonyl (C=O) groups excluding carboxylic acids is 2. The molecule has 0 bridgehead atoms. The zero-order valence-electron chi connectivity index (χ0n) is 13.1. The van der Waals surface area contributed by atoms with Crippen LogP contribution in [0.3, 0.4) is 0 Å².